The van der Waals surface area contributed by atoms with E-state index in [-0.39, 0.29) is 5.91 Å². The van der Waals surface area contributed by atoms with Crippen LogP contribution in [0.15, 0.2) is 5.38 Å². The van der Waals surface area contributed by atoms with E-state index in [0.717, 1.165) is 24.3 Å². The first-order chi connectivity index (χ1) is 9.11. The van der Waals surface area contributed by atoms with E-state index >= 15 is 0 Å². The standard InChI is InChI=1S/C13H22N4OS/c1-9-4-3-5-10(2)17(9)16-13(18)11-8-19-12(15-11)6-7-14/h8-10H,3-7,14H2,1-2H3,(H,16,18). The van der Waals surface area contributed by atoms with E-state index in [1.54, 1.807) is 5.38 Å². The summed E-state index contributed by atoms with van der Waals surface area (Å²) >= 11 is 1.50. The van der Waals surface area contributed by atoms with Gasteiger partial charge in [-0.1, -0.05) is 6.42 Å². The lowest BCUT2D eigenvalue weighted by Crippen LogP contribution is -2.54. The second kappa shape index (κ2) is 6.45. The minimum Gasteiger partial charge on any atom is -0.330 e. The van der Waals surface area contributed by atoms with Gasteiger partial charge >= 0.3 is 0 Å². The fraction of sp³-hybridized carbons (Fsp3) is 0.692. The van der Waals surface area contributed by atoms with Gasteiger partial charge in [-0.15, -0.1) is 11.3 Å². The van der Waals surface area contributed by atoms with Crippen LogP contribution < -0.4 is 11.2 Å². The summed E-state index contributed by atoms with van der Waals surface area (Å²) in [7, 11) is 0. The summed E-state index contributed by atoms with van der Waals surface area (Å²) in [5.74, 6) is -0.111. The Bertz CT molecular complexity index is 424. The largest absolute Gasteiger partial charge is 0.330 e. The van der Waals surface area contributed by atoms with Crippen LogP contribution in [0.5, 0.6) is 0 Å². The number of nitrogens with one attached hydrogen (secondary N) is 1. The number of piperidine rings is 1. The highest BCUT2D eigenvalue weighted by Crippen LogP contribution is 2.20. The maximum absolute atomic E-state index is 12.2. The molecule has 0 radical (unpaired) electrons. The average Bonchev–Trinajstić information content (AvgIpc) is 2.83. The molecule has 1 aliphatic heterocycles. The molecule has 0 aromatic carbocycles. The number of rotatable bonds is 4. The molecule has 1 aromatic rings. The molecule has 2 rings (SSSR count). The molecule has 2 heterocycles. The van der Waals surface area contributed by atoms with Crippen molar-refractivity contribution in [1.82, 2.24) is 15.4 Å². The molecule has 2 atom stereocenters. The van der Waals surface area contributed by atoms with Crippen LogP contribution in [0.2, 0.25) is 0 Å². The SMILES string of the molecule is CC1CCCC(C)N1NC(=O)c1csc(CCN)n1. The zero-order valence-corrected chi connectivity index (χ0v) is 12.4. The van der Waals surface area contributed by atoms with Gasteiger partial charge in [0.05, 0.1) is 5.01 Å². The van der Waals surface area contributed by atoms with Crippen LogP contribution in [0.3, 0.4) is 0 Å². The maximum atomic E-state index is 12.2. The number of hydrazine groups is 1. The number of hydrogen-bond donors (Lipinski definition) is 2. The number of nitrogens with two attached hydrogens (primary N) is 1. The Morgan fingerprint density at radius 3 is 2.84 bits per heavy atom. The lowest BCUT2D eigenvalue weighted by Gasteiger charge is -2.38. The van der Waals surface area contributed by atoms with Gasteiger partial charge in [-0.2, -0.15) is 0 Å². The van der Waals surface area contributed by atoms with Gasteiger partial charge in [-0.05, 0) is 33.2 Å². The molecule has 19 heavy (non-hydrogen) atoms. The van der Waals surface area contributed by atoms with Crippen molar-refractivity contribution in [3.05, 3.63) is 16.1 Å². The van der Waals surface area contributed by atoms with E-state index in [4.69, 9.17) is 5.73 Å². The molecule has 0 saturated carbocycles. The summed E-state index contributed by atoms with van der Waals surface area (Å²) in [6.45, 7) is 4.86. The number of hydrogen-bond acceptors (Lipinski definition) is 5. The zero-order chi connectivity index (χ0) is 13.8. The topological polar surface area (TPSA) is 71.2 Å². The van der Waals surface area contributed by atoms with Crippen molar-refractivity contribution in [3.63, 3.8) is 0 Å². The average molecular weight is 282 g/mol. The first kappa shape index (κ1) is 14.4. The monoisotopic (exact) mass is 282 g/mol. The van der Waals surface area contributed by atoms with E-state index in [2.05, 4.69) is 29.3 Å². The molecule has 0 aliphatic carbocycles. The molecule has 2 unspecified atom stereocenters. The molecule has 0 bridgehead atoms. The zero-order valence-electron chi connectivity index (χ0n) is 11.6. The van der Waals surface area contributed by atoms with Crippen molar-refractivity contribution in [3.8, 4) is 0 Å². The van der Waals surface area contributed by atoms with E-state index in [1.165, 1.54) is 17.8 Å². The number of carbonyl (C=O) groups excluding carboxylic acids is 1. The fourth-order valence-corrected chi connectivity index (χ4v) is 3.26. The molecular formula is C13H22N4OS. The van der Waals surface area contributed by atoms with Crippen LogP contribution in [-0.4, -0.2) is 34.5 Å². The van der Waals surface area contributed by atoms with Crippen molar-refractivity contribution in [1.29, 1.82) is 0 Å². The summed E-state index contributed by atoms with van der Waals surface area (Å²) in [5, 5.41) is 4.79. The van der Waals surface area contributed by atoms with Crippen LogP contribution in [-0.2, 0) is 6.42 Å². The second-order valence-electron chi connectivity index (χ2n) is 5.14. The van der Waals surface area contributed by atoms with Crippen LogP contribution >= 0.6 is 11.3 Å². The lowest BCUT2D eigenvalue weighted by molar-refractivity contribution is 0.0366. The van der Waals surface area contributed by atoms with E-state index in [0.29, 0.717) is 24.3 Å². The molecule has 5 nitrogen and oxygen atoms in total. The minimum atomic E-state index is -0.111. The van der Waals surface area contributed by atoms with Gasteiger partial charge in [0.2, 0.25) is 0 Å². The Hall–Kier alpha value is -0.980. The Labute approximate surface area is 118 Å². The van der Waals surface area contributed by atoms with Gasteiger partial charge < -0.3 is 5.73 Å². The third-order valence-electron chi connectivity index (χ3n) is 3.57. The molecule has 3 N–H and O–H groups in total. The smallest absolute Gasteiger partial charge is 0.285 e. The van der Waals surface area contributed by atoms with Crippen molar-refractivity contribution in [2.45, 2.75) is 51.6 Å². The molecular weight excluding hydrogens is 260 g/mol. The van der Waals surface area contributed by atoms with E-state index in [9.17, 15) is 4.79 Å². The number of amides is 1. The summed E-state index contributed by atoms with van der Waals surface area (Å²) < 4.78 is 0. The summed E-state index contributed by atoms with van der Waals surface area (Å²) in [6, 6.07) is 0.768. The maximum Gasteiger partial charge on any atom is 0.285 e. The normalized spacial score (nSPS) is 24.4. The number of thiazole rings is 1. The minimum absolute atomic E-state index is 0.111. The van der Waals surface area contributed by atoms with E-state index in [1.807, 2.05) is 0 Å². The van der Waals surface area contributed by atoms with Gasteiger partial charge in [0.1, 0.15) is 5.69 Å². The highest BCUT2D eigenvalue weighted by molar-refractivity contribution is 7.09. The van der Waals surface area contributed by atoms with Gasteiger partial charge in [0.25, 0.3) is 5.91 Å². The molecule has 1 saturated heterocycles. The van der Waals surface area contributed by atoms with Crippen molar-refractivity contribution in [2.75, 3.05) is 6.54 Å². The van der Waals surface area contributed by atoms with Crippen LogP contribution in [0.4, 0.5) is 0 Å². The third kappa shape index (κ3) is 3.52. The predicted molar refractivity (Wildman–Crippen MR) is 77.0 cm³/mol. The fourth-order valence-electron chi connectivity index (χ4n) is 2.47. The molecule has 0 spiro atoms. The molecule has 1 fully saturated rings. The van der Waals surface area contributed by atoms with Gasteiger partial charge in [-0.25, -0.2) is 9.99 Å². The Balaban J connectivity index is 1.99. The second-order valence-corrected chi connectivity index (χ2v) is 6.08. The molecule has 1 aliphatic rings. The highest BCUT2D eigenvalue weighted by Gasteiger charge is 2.26. The first-order valence-electron chi connectivity index (χ1n) is 6.85. The van der Waals surface area contributed by atoms with Gasteiger partial charge in [0.15, 0.2) is 0 Å². The van der Waals surface area contributed by atoms with Crippen LogP contribution in [0.1, 0.15) is 48.6 Å². The van der Waals surface area contributed by atoms with Crippen molar-refractivity contribution >= 4 is 17.2 Å². The summed E-state index contributed by atoms with van der Waals surface area (Å²) in [6.07, 6.45) is 4.21. The van der Waals surface area contributed by atoms with Crippen molar-refractivity contribution in [2.24, 2.45) is 5.73 Å². The number of carbonyl (C=O) groups is 1. The first-order valence-corrected chi connectivity index (χ1v) is 7.73. The molecule has 106 valence electrons. The van der Waals surface area contributed by atoms with Crippen molar-refractivity contribution < 1.29 is 4.79 Å². The molecule has 1 aromatic heterocycles. The van der Waals surface area contributed by atoms with Crippen LogP contribution in [0, 0.1) is 0 Å². The summed E-state index contributed by atoms with van der Waals surface area (Å²) in [4.78, 5) is 16.5. The van der Waals surface area contributed by atoms with Crippen LogP contribution in [0.25, 0.3) is 0 Å². The van der Waals surface area contributed by atoms with Gasteiger partial charge in [0, 0.05) is 23.9 Å². The Morgan fingerprint density at radius 2 is 2.21 bits per heavy atom. The lowest BCUT2D eigenvalue weighted by atomic mass is 10.00. The quantitative estimate of drug-likeness (QED) is 0.879. The molecule has 6 heteroatoms. The van der Waals surface area contributed by atoms with Gasteiger partial charge in [-0.3, -0.25) is 10.2 Å². The number of aromatic nitrogens is 1. The number of nitrogens with zero attached hydrogens (tertiary/aromatic N) is 2. The Kier molecular flexibility index (Phi) is 4.90. The summed E-state index contributed by atoms with van der Waals surface area (Å²) in [5.41, 5.74) is 8.99. The molecule has 1 amide bonds. The highest BCUT2D eigenvalue weighted by atomic mass is 32.1. The predicted octanol–water partition coefficient (Wildman–Crippen LogP) is 1.55. The Morgan fingerprint density at radius 1 is 1.53 bits per heavy atom. The third-order valence-corrected chi connectivity index (χ3v) is 4.48. The van der Waals surface area contributed by atoms with E-state index < -0.39 is 0 Å².